The highest BCUT2D eigenvalue weighted by molar-refractivity contribution is 6.29. The molecule has 8 nitrogen and oxygen atoms in total. The predicted octanol–water partition coefficient (Wildman–Crippen LogP) is 3.17. The van der Waals surface area contributed by atoms with Gasteiger partial charge in [-0.1, -0.05) is 17.7 Å². The van der Waals surface area contributed by atoms with Crippen LogP contribution in [0.1, 0.15) is 16.7 Å². The minimum atomic E-state index is -0.560. The smallest absolute Gasteiger partial charge is 0.243 e. The van der Waals surface area contributed by atoms with Gasteiger partial charge in [-0.2, -0.15) is 4.39 Å². The Kier molecular flexibility index (Phi) is 4.51. The number of aromatic amines is 1. The van der Waals surface area contributed by atoms with E-state index < -0.39 is 5.95 Å². The summed E-state index contributed by atoms with van der Waals surface area (Å²) >= 11 is 5.76. The summed E-state index contributed by atoms with van der Waals surface area (Å²) < 4.78 is 19.8. The molecule has 3 aromatic rings. The Morgan fingerprint density at radius 3 is 2.85 bits per heavy atom. The zero-order chi connectivity index (χ0) is 18.8. The van der Waals surface area contributed by atoms with E-state index in [4.69, 9.17) is 16.3 Å². The zero-order valence-electron chi connectivity index (χ0n) is 14.2. The van der Waals surface area contributed by atoms with Crippen molar-refractivity contribution in [2.24, 2.45) is 5.10 Å². The summed E-state index contributed by atoms with van der Waals surface area (Å²) in [5, 5.41) is 7.40. The molecule has 0 aromatic carbocycles. The number of hydrogen-bond acceptors (Lipinski definition) is 7. The quantitative estimate of drug-likeness (QED) is 0.513. The number of rotatable bonds is 4. The monoisotopic (exact) mass is 387 g/mol. The van der Waals surface area contributed by atoms with E-state index in [1.54, 1.807) is 36.7 Å². The topological polar surface area (TPSA) is 99.2 Å². The first-order valence-electron chi connectivity index (χ1n) is 8.01. The third kappa shape index (κ3) is 3.49. The van der Waals surface area contributed by atoms with Gasteiger partial charge in [0.15, 0.2) is 0 Å². The van der Waals surface area contributed by atoms with Crippen molar-refractivity contribution < 1.29 is 9.13 Å². The summed E-state index contributed by atoms with van der Waals surface area (Å²) in [6, 6.07) is 6.77. The van der Waals surface area contributed by atoms with Crippen LogP contribution < -0.4 is 16.3 Å². The van der Waals surface area contributed by atoms with Crippen molar-refractivity contribution in [1.29, 1.82) is 0 Å². The number of ether oxygens (including phenoxy) is 1. The van der Waals surface area contributed by atoms with Gasteiger partial charge in [-0.05, 0) is 23.8 Å². The Bertz CT molecular complexity index is 1000. The summed E-state index contributed by atoms with van der Waals surface area (Å²) in [5.41, 5.74) is 8.22. The lowest BCUT2D eigenvalue weighted by atomic mass is 10.0. The highest BCUT2D eigenvalue weighted by Gasteiger charge is 2.22. The van der Waals surface area contributed by atoms with Gasteiger partial charge in [-0.25, -0.2) is 15.5 Å². The van der Waals surface area contributed by atoms with E-state index in [1.807, 2.05) is 0 Å². The number of aromatic nitrogens is 3. The van der Waals surface area contributed by atoms with Crippen LogP contribution in [-0.2, 0) is 11.2 Å². The molecule has 1 aliphatic heterocycles. The van der Waals surface area contributed by atoms with Gasteiger partial charge in [0.2, 0.25) is 11.8 Å². The molecule has 0 spiro atoms. The fraction of sp³-hybridized carbons (Fsp3) is 0.118. The zero-order valence-corrected chi connectivity index (χ0v) is 14.9. The first-order chi connectivity index (χ1) is 13.1. The molecular formula is C17H15ClFN7O. The Morgan fingerprint density at radius 2 is 2.11 bits per heavy atom. The van der Waals surface area contributed by atoms with Crippen LogP contribution in [0.15, 0.2) is 41.8 Å². The second-order valence-electron chi connectivity index (χ2n) is 5.74. The van der Waals surface area contributed by atoms with E-state index in [2.05, 4.69) is 36.3 Å². The maximum absolute atomic E-state index is 14.5. The molecule has 138 valence electrons. The minimum absolute atomic E-state index is 0.331. The number of hydrazine groups is 1. The molecule has 4 rings (SSSR count). The first kappa shape index (κ1) is 17.1. The molecular weight excluding hydrogens is 373 g/mol. The van der Waals surface area contributed by atoms with Crippen molar-refractivity contribution in [2.45, 2.75) is 6.42 Å². The van der Waals surface area contributed by atoms with Gasteiger partial charge in [0.05, 0.1) is 24.6 Å². The Hall–Kier alpha value is -3.33. The molecule has 0 unspecified atom stereocenters. The third-order valence-corrected chi connectivity index (χ3v) is 4.24. The fourth-order valence-electron chi connectivity index (χ4n) is 2.75. The highest BCUT2D eigenvalue weighted by atomic mass is 35.5. The largest absolute Gasteiger partial charge is 0.479 e. The summed E-state index contributed by atoms with van der Waals surface area (Å²) in [7, 11) is 1.53. The second-order valence-corrected chi connectivity index (χ2v) is 6.13. The summed E-state index contributed by atoms with van der Waals surface area (Å²) in [6.45, 7) is 0. The predicted molar refractivity (Wildman–Crippen MR) is 101 cm³/mol. The summed E-state index contributed by atoms with van der Waals surface area (Å²) in [4.78, 5) is 11.0. The molecule has 1 aliphatic rings. The van der Waals surface area contributed by atoms with Gasteiger partial charge in [0.25, 0.3) is 0 Å². The molecule has 0 saturated carbocycles. The average Bonchev–Trinajstić information content (AvgIpc) is 3.09. The lowest BCUT2D eigenvalue weighted by molar-refractivity contribution is 0.398. The lowest BCUT2D eigenvalue weighted by Crippen LogP contribution is -2.26. The number of anilines is 3. The number of H-pyrrole nitrogens is 1. The van der Waals surface area contributed by atoms with Gasteiger partial charge in [0, 0.05) is 18.2 Å². The number of hydrazone groups is 1. The van der Waals surface area contributed by atoms with Crippen LogP contribution in [0.5, 0.6) is 0 Å². The minimum Gasteiger partial charge on any atom is -0.479 e. The van der Waals surface area contributed by atoms with E-state index in [0.29, 0.717) is 40.4 Å². The normalized spacial score (nSPS) is 12.5. The Morgan fingerprint density at radius 1 is 1.22 bits per heavy atom. The second kappa shape index (κ2) is 7.12. The number of halogens is 2. The molecule has 4 heterocycles. The van der Waals surface area contributed by atoms with Crippen LogP contribution in [0.25, 0.3) is 0 Å². The van der Waals surface area contributed by atoms with Crippen molar-refractivity contribution in [3.8, 4) is 0 Å². The molecule has 3 aromatic heterocycles. The molecule has 0 bridgehead atoms. The van der Waals surface area contributed by atoms with Crippen molar-refractivity contribution in [1.82, 2.24) is 20.5 Å². The highest BCUT2D eigenvalue weighted by Crippen LogP contribution is 2.26. The maximum atomic E-state index is 14.5. The summed E-state index contributed by atoms with van der Waals surface area (Å²) in [6.07, 6.45) is 3.66. The standard InChI is InChI=1S/C17H15ClFN7O/c1-27-17-14-10(7-21-16(14)24-26-25-17)6-9-2-5-13(23-15(9)19)22-11-3-4-12(18)20-8-11/h2-5,7-8,21,24,26H,6H2,1H3,(H,22,23). The summed E-state index contributed by atoms with van der Waals surface area (Å²) in [5.74, 6) is 0.941. The number of hydrogen-bond donors (Lipinski definition) is 4. The average molecular weight is 388 g/mol. The molecule has 0 saturated heterocycles. The van der Waals surface area contributed by atoms with Crippen molar-refractivity contribution >= 4 is 34.8 Å². The van der Waals surface area contributed by atoms with E-state index >= 15 is 0 Å². The van der Waals surface area contributed by atoms with Crippen molar-refractivity contribution in [2.75, 3.05) is 17.9 Å². The maximum Gasteiger partial charge on any atom is 0.243 e. The molecule has 4 N–H and O–H groups in total. The van der Waals surface area contributed by atoms with Gasteiger partial charge < -0.3 is 15.0 Å². The molecule has 0 atom stereocenters. The van der Waals surface area contributed by atoms with Crippen LogP contribution >= 0.6 is 11.6 Å². The fourth-order valence-corrected chi connectivity index (χ4v) is 2.86. The number of methoxy groups -OCH3 is 1. The van der Waals surface area contributed by atoms with Crippen LogP contribution in [0.3, 0.4) is 0 Å². The number of nitrogens with zero attached hydrogens (tertiary/aromatic N) is 3. The van der Waals surface area contributed by atoms with E-state index in [-0.39, 0.29) is 0 Å². The third-order valence-electron chi connectivity index (χ3n) is 4.01. The number of pyridine rings is 2. The van der Waals surface area contributed by atoms with Crippen molar-refractivity contribution in [3.63, 3.8) is 0 Å². The van der Waals surface area contributed by atoms with Gasteiger partial charge in [-0.3, -0.25) is 5.43 Å². The molecule has 0 radical (unpaired) electrons. The molecule has 27 heavy (non-hydrogen) atoms. The van der Waals surface area contributed by atoms with Gasteiger partial charge >= 0.3 is 0 Å². The van der Waals surface area contributed by atoms with E-state index in [1.165, 1.54) is 7.11 Å². The van der Waals surface area contributed by atoms with Gasteiger partial charge in [-0.15, -0.1) is 5.10 Å². The molecule has 0 fully saturated rings. The Labute approximate surface area is 158 Å². The van der Waals surface area contributed by atoms with Crippen LogP contribution in [0.2, 0.25) is 5.15 Å². The molecule has 10 heteroatoms. The SMILES string of the molecule is COC1=NNNc2[nH]cc(Cc3ccc(Nc4ccc(Cl)nc4)nc3F)c21. The van der Waals surface area contributed by atoms with E-state index in [9.17, 15) is 4.39 Å². The van der Waals surface area contributed by atoms with E-state index in [0.717, 1.165) is 11.1 Å². The van der Waals surface area contributed by atoms with Crippen LogP contribution in [0.4, 0.5) is 21.7 Å². The van der Waals surface area contributed by atoms with Crippen LogP contribution in [0, 0.1) is 5.95 Å². The number of fused-ring (bicyclic) bond motifs is 1. The van der Waals surface area contributed by atoms with Crippen LogP contribution in [-0.4, -0.2) is 28.0 Å². The van der Waals surface area contributed by atoms with Gasteiger partial charge in [0.1, 0.15) is 16.8 Å². The molecule has 0 amide bonds. The molecule has 0 aliphatic carbocycles. The first-order valence-corrected chi connectivity index (χ1v) is 8.39. The van der Waals surface area contributed by atoms with Crippen molar-refractivity contribution in [3.05, 3.63) is 64.5 Å². The lowest BCUT2D eigenvalue weighted by Gasteiger charge is -2.15. The Balaban J connectivity index is 1.55. The number of nitrogens with one attached hydrogen (secondary N) is 4.